The van der Waals surface area contributed by atoms with Gasteiger partial charge in [0.25, 0.3) is 15.2 Å². The van der Waals surface area contributed by atoms with Gasteiger partial charge in [0.05, 0.1) is 0 Å². The van der Waals surface area contributed by atoms with Crippen LogP contribution in [0.4, 0.5) is 0 Å². The lowest BCUT2D eigenvalue weighted by Crippen LogP contribution is -2.14. The monoisotopic (exact) mass is 266 g/mol. The number of nitrogens with one attached hydrogen (secondary N) is 1. The summed E-state index contributed by atoms with van der Waals surface area (Å²) in [6, 6.07) is 6.07. The molecule has 18 heavy (non-hydrogen) atoms. The number of sulfonamides is 1. The van der Waals surface area contributed by atoms with Crippen LogP contribution in [-0.2, 0) is 16.4 Å². The number of primary sulfonamides is 1. The van der Waals surface area contributed by atoms with E-state index in [0.29, 0.717) is 12.2 Å². The van der Waals surface area contributed by atoms with Gasteiger partial charge in [-0.25, -0.2) is 18.5 Å². The average molecular weight is 266 g/mol. The highest BCUT2D eigenvalue weighted by atomic mass is 32.2. The summed E-state index contributed by atoms with van der Waals surface area (Å²) >= 11 is 0. The molecule has 0 aliphatic heterocycles. The van der Waals surface area contributed by atoms with Crippen LogP contribution >= 0.6 is 0 Å². The number of H-pyrrole nitrogens is 1. The lowest BCUT2D eigenvalue weighted by atomic mass is 10.0. The third-order valence-electron chi connectivity index (χ3n) is 2.63. The standard InChI is InChI=1S/C11H14N4O2S/c1-7-3-4-8(2)9(5-7)6-10-13-11(15-14-10)18(12,16)17/h3-5H,6H2,1-2H3,(H2,12,16,17)(H,13,14,15). The minimum Gasteiger partial charge on any atom is -0.262 e. The van der Waals surface area contributed by atoms with Gasteiger partial charge in [0.1, 0.15) is 5.82 Å². The summed E-state index contributed by atoms with van der Waals surface area (Å²) in [5.74, 6) is 0.479. The fraction of sp³-hybridized carbons (Fsp3) is 0.273. The van der Waals surface area contributed by atoms with Crippen LogP contribution in [0.5, 0.6) is 0 Å². The maximum absolute atomic E-state index is 11.1. The van der Waals surface area contributed by atoms with Crippen LogP contribution in [0.2, 0.25) is 0 Å². The van der Waals surface area contributed by atoms with Crippen molar-refractivity contribution in [3.05, 3.63) is 40.7 Å². The number of hydrogen-bond donors (Lipinski definition) is 2. The van der Waals surface area contributed by atoms with Crippen LogP contribution in [-0.4, -0.2) is 23.6 Å². The molecule has 2 rings (SSSR count). The zero-order chi connectivity index (χ0) is 13.3. The number of nitrogens with two attached hydrogens (primary N) is 1. The van der Waals surface area contributed by atoms with Gasteiger partial charge in [0.15, 0.2) is 0 Å². The second-order valence-corrected chi connectivity index (χ2v) is 5.67. The van der Waals surface area contributed by atoms with Crippen LogP contribution in [0.3, 0.4) is 0 Å². The average Bonchev–Trinajstić information content (AvgIpc) is 2.71. The van der Waals surface area contributed by atoms with Crippen molar-refractivity contribution < 1.29 is 8.42 Å². The largest absolute Gasteiger partial charge is 0.282 e. The summed E-state index contributed by atoms with van der Waals surface area (Å²) < 4.78 is 22.1. The lowest BCUT2D eigenvalue weighted by Gasteiger charge is -2.04. The first-order valence-electron chi connectivity index (χ1n) is 5.36. The molecule has 6 nitrogen and oxygen atoms in total. The molecule has 0 radical (unpaired) electrons. The third kappa shape index (κ3) is 2.74. The van der Waals surface area contributed by atoms with E-state index in [-0.39, 0.29) is 5.16 Å². The second-order valence-electron chi connectivity index (χ2n) is 4.22. The molecule has 0 spiro atoms. The van der Waals surface area contributed by atoms with Crippen molar-refractivity contribution in [1.29, 1.82) is 0 Å². The van der Waals surface area contributed by atoms with E-state index in [1.165, 1.54) is 0 Å². The highest BCUT2D eigenvalue weighted by molar-refractivity contribution is 7.89. The Morgan fingerprint density at radius 1 is 1.33 bits per heavy atom. The first-order valence-corrected chi connectivity index (χ1v) is 6.91. The predicted molar refractivity (Wildman–Crippen MR) is 66.5 cm³/mol. The molecule has 0 fully saturated rings. The van der Waals surface area contributed by atoms with Crippen LogP contribution in [0.25, 0.3) is 0 Å². The molecular weight excluding hydrogens is 252 g/mol. The highest BCUT2D eigenvalue weighted by Gasteiger charge is 2.15. The summed E-state index contributed by atoms with van der Waals surface area (Å²) in [7, 11) is -3.85. The maximum Gasteiger partial charge on any atom is 0.282 e. The van der Waals surface area contributed by atoms with Crippen LogP contribution in [0, 0.1) is 13.8 Å². The van der Waals surface area contributed by atoms with Gasteiger partial charge in [0.2, 0.25) is 0 Å². The molecule has 3 N–H and O–H groups in total. The van der Waals surface area contributed by atoms with E-state index >= 15 is 0 Å². The Morgan fingerprint density at radius 2 is 2.06 bits per heavy atom. The van der Waals surface area contributed by atoms with Gasteiger partial charge in [-0.05, 0) is 25.0 Å². The maximum atomic E-state index is 11.1. The number of benzene rings is 1. The topological polar surface area (TPSA) is 102 Å². The van der Waals surface area contributed by atoms with Gasteiger partial charge < -0.3 is 0 Å². The SMILES string of the molecule is Cc1ccc(C)c(Cc2nc(S(N)(=O)=O)n[nH]2)c1. The summed E-state index contributed by atoms with van der Waals surface area (Å²) in [6.07, 6.45) is 0.496. The minimum atomic E-state index is -3.85. The van der Waals surface area contributed by atoms with Crippen LogP contribution < -0.4 is 5.14 Å². The van der Waals surface area contributed by atoms with Gasteiger partial charge in [0, 0.05) is 6.42 Å². The van der Waals surface area contributed by atoms with Gasteiger partial charge in [-0.3, -0.25) is 5.10 Å². The Kier molecular flexibility index (Phi) is 3.18. The van der Waals surface area contributed by atoms with Crippen molar-refractivity contribution >= 4 is 10.0 Å². The third-order valence-corrected chi connectivity index (χ3v) is 3.32. The molecule has 0 saturated carbocycles. The van der Waals surface area contributed by atoms with Gasteiger partial charge >= 0.3 is 0 Å². The first kappa shape index (κ1) is 12.7. The normalized spacial score (nSPS) is 11.7. The van der Waals surface area contributed by atoms with E-state index in [4.69, 9.17) is 5.14 Å². The highest BCUT2D eigenvalue weighted by Crippen LogP contribution is 2.14. The second kappa shape index (κ2) is 4.51. The molecule has 1 aromatic carbocycles. The zero-order valence-corrected chi connectivity index (χ0v) is 11.0. The van der Waals surface area contributed by atoms with E-state index in [2.05, 4.69) is 15.2 Å². The predicted octanol–water partition coefficient (Wildman–Crippen LogP) is 0.660. The van der Waals surface area contributed by atoms with Gasteiger partial charge in [-0.1, -0.05) is 23.8 Å². The fourth-order valence-electron chi connectivity index (χ4n) is 1.66. The molecule has 96 valence electrons. The molecule has 0 atom stereocenters. The van der Waals surface area contributed by atoms with Crippen LogP contribution in [0.1, 0.15) is 22.5 Å². The molecule has 2 aromatic rings. The summed E-state index contributed by atoms with van der Waals surface area (Å²) in [6.45, 7) is 3.99. The summed E-state index contributed by atoms with van der Waals surface area (Å²) in [4.78, 5) is 3.87. The quantitative estimate of drug-likeness (QED) is 0.851. The van der Waals surface area contributed by atoms with E-state index in [1.807, 2.05) is 32.0 Å². The van der Waals surface area contributed by atoms with Crippen molar-refractivity contribution in [3.8, 4) is 0 Å². The van der Waals surface area contributed by atoms with Crippen molar-refractivity contribution in [2.45, 2.75) is 25.4 Å². The smallest absolute Gasteiger partial charge is 0.262 e. The summed E-state index contributed by atoms with van der Waals surface area (Å²) in [5, 5.41) is 10.7. The molecule has 0 unspecified atom stereocenters. The number of aromatic nitrogens is 3. The van der Waals surface area contributed by atoms with Crippen molar-refractivity contribution in [2.75, 3.05) is 0 Å². The molecule has 0 bridgehead atoms. The summed E-state index contributed by atoms with van der Waals surface area (Å²) in [5.41, 5.74) is 3.34. The Bertz CT molecular complexity index is 676. The van der Waals surface area contributed by atoms with Gasteiger partial charge in [-0.15, -0.1) is 5.10 Å². The number of rotatable bonds is 3. The van der Waals surface area contributed by atoms with E-state index < -0.39 is 10.0 Å². The Hall–Kier alpha value is -1.73. The van der Waals surface area contributed by atoms with Crippen molar-refractivity contribution in [2.24, 2.45) is 5.14 Å². The van der Waals surface area contributed by atoms with Crippen molar-refractivity contribution in [3.63, 3.8) is 0 Å². The molecular formula is C11H14N4O2S. The van der Waals surface area contributed by atoms with E-state index in [9.17, 15) is 8.42 Å². The molecule has 0 aliphatic rings. The Labute approximate surface area is 105 Å². The molecule has 1 aromatic heterocycles. The number of aromatic amines is 1. The molecule has 0 amide bonds. The molecule has 0 aliphatic carbocycles. The number of aryl methyl sites for hydroxylation is 2. The Morgan fingerprint density at radius 3 is 2.67 bits per heavy atom. The Balaban J connectivity index is 2.29. The molecule has 1 heterocycles. The number of nitrogens with zero attached hydrogens (tertiary/aromatic N) is 2. The first-order chi connectivity index (χ1) is 8.36. The number of hydrogen-bond acceptors (Lipinski definition) is 4. The van der Waals surface area contributed by atoms with E-state index in [1.54, 1.807) is 0 Å². The lowest BCUT2D eigenvalue weighted by molar-refractivity contribution is 0.589. The molecule has 0 saturated heterocycles. The van der Waals surface area contributed by atoms with E-state index in [0.717, 1.165) is 16.7 Å². The van der Waals surface area contributed by atoms with Crippen molar-refractivity contribution in [1.82, 2.24) is 15.2 Å². The zero-order valence-electron chi connectivity index (χ0n) is 10.1. The van der Waals surface area contributed by atoms with Crippen LogP contribution in [0.15, 0.2) is 23.4 Å². The minimum absolute atomic E-state index is 0.372. The molecule has 7 heteroatoms. The fourth-order valence-corrected chi connectivity index (χ4v) is 2.07. The van der Waals surface area contributed by atoms with Gasteiger partial charge in [-0.2, -0.15) is 0 Å².